The van der Waals surface area contributed by atoms with E-state index in [-0.39, 0.29) is 12.5 Å². The van der Waals surface area contributed by atoms with Gasteiger partial charge in [-0.05, 0) is 37.5 Å². The molecule has 0 spiro atoms. The fourth-order valence-corrected chi connectivity index (χ4v) is 3.37. The number of hydrogen-bond acceptors (Lipinski definition) is 2. The first kappa shape index (κ1) is 14.2. The molecule has 5 nitrogen and oxygen atoms in total. The van der Waals surface area contributed by atoms with Crippen molar-refractivity contribution in [3.8, 4) is 0 Å². The predicted octanol–water partition coefficient (Wildman–Crippen LogP) is 2.07. The third-order valence-electron chi connectivity index (χ3n) is 4.33. The summed E-state index contributed by atoms with van der Waals surface area (Å²) in [5.41, 5.74) is -0.493. The van der Waals surface area contributed by atoms with Crippen LogP contribution in [0.1, 0.15) is 46.0 Å². The van der Waals surface area contributed by atoms with Crippen molar-refractivity contribution in [1.82, 2.24) is 10.2 Å². The number of nitrogens with zero attached hydrogens (tertiary/aromatic N) is 1. The third kappa shape index (κ3) is 3.39. The molecule has 2 atom stereocenters. The highest BCUT2D eigenvalue weighted by atomic mass is 16.4. The lowest BCUT2D eigenvalue weighted by molar-refractivity contribution is -0.139. The Morgan fingerprint density at radius 3 is 2.26 bits per heavy atom. The van der Waals surface area contributed by atoms with Crippen molar-refractivity contribution in [1.29, 1.82) is 0 Å². The van der Waals surface area contributed by atoms with Gasteiger partial charge in [-0.3, -0.25) is 4.79 Å². The van der Waals surface area contributed by atoms with Crippen molar-refractivity contribution < 1.29 is 14.7 Å². The van der Waals surface area contributed by atoms with E-state index in [2.05, 4.69) is 19.2 Å². The van der Waals surface area contributed by atoms with Gasteiger partial charge in [-0.2, -0.15) is 0 Å². The number of aliphatic carboxylic acids is 1. The molecule has 0 aromatic heterocycles. The summed E-state index contributed by atoms with van der Waals surface area (Å²) in [5, 5.41) is 11.9. The Balaban J connectivity index is 1.94. The van der Waals surface area contributed by atoms with Crippen molar-refractivity contribution in [2.24, 2.45) is 11.8 Å². The maximum atomic E-state index is 12.3. The molecule has 1 saturated carbocycles. The minimum Gasteiger partial charge on any atom is -0.481 e. The Labute approximate surface area is 114 Å². The van der Waals surface area contributed by atoms with E-state index in [4.69, 9.17) is 5.11 Å². The molecule has 2 N–H and O–H groups in total. The summed E-state index contributed by atoms with van der Waals surface area (Å²) in [6.45, 7) is 5.87. The third-order valence-corrected chi connectivity index (χ3v) is 4.33. The van der Waals surface area contributed by atoms with Gasteiger partial charge in [-0.25, -0.2) is 4.79 Å². The zero-order chi connectivity index (χ0) is 14.0. The molecule has 0 aromatic rings. The van der Waals surface area contributed by atoms with Crippen LogP contribution in [0.3, 0.4) is 0 Å². The normalized spacial score (nSPS) is 29.5. The summed E-state index contributed by atoms with van der Waals surface area (Å²) in [6, 6.07) is -0.0839. The fourth-order valence-electron chi connectivity index (χ4n) is 3.37. The van der Waals surface area contributed by atoms with Crippen molar-refractivity contribution >= 4 is 12.0 Å². The second-order valence-electron chi connectivity index (χ2n) is 6.49. The molecular weight excluding hydrogens is 244 g/mol. The molecule has 1 aliphatic heterocycles. The molecule has 5 heteroatoms. The van der Waals surface area contributed by atoms with Gasteiger partial charge in [0.15, 0.2) is 0 Å². The molecular formula is C14H24N2O3. The topological polar surface area (TPSA) is 69.6 Å². The number of carbonyl (C=O) groups excluding carboxylic acids is 1. The van der Waals surface area contributed by atoms with Crippen LogP contribution in [0.25, 0.3) is 0 Å². The second-order valence-corrected chi connectivity index (χ2v) is 6.49. The quantitative estimate of drug-likeness (QED) is 0.823. The molecule has 2 amide bonds. The van der Waals surface area contributed by atoms with Gasteiger partial charge >= 0.3 is 12.0 Å². The molecule has 0 aromatic carbocycles. The number of likely N-dealkylation sites (tertiary alicyclic amines) is 1. The van der Waals surface area contributed by atoms with E-state index in [1.54, 1.807) is 0 Å². The van der Waals surface area contributed by atoms with Gasteiger partial charge in [0, 0.05) is 13.1 Å². The van der Waals surface area contributed by atoms with Gasteiger partial charge in [0.05, 0.1) is 12.0 Å². The number of hydrogen-bond donors (Lipinski definition) is 2. The summed E-state index contributed by atoms with van der Waals surface area (Å²) < 4.78 is 0. The summed E-state index contributed by atoms with van der Waals surface area (Å²) in [5.74, 6) is 0.206. The molecule has 0 bridgehead atoms. The largest absolute Gasteiger partial charge is 0.481 e. The molecule has 1 saturated heterocycles. The first-order valence-electron chi connectivity index (χ1n) is 7.19. The van der Waals surface area contributed by atoms with Crippen molar-refractivity contribution in [3.63, 3.8) is 0 Å². The van der Waals surface area contributed by atoms with Crippen LogP contribution in [0.2, 0.25) is 0 Å². The predicted molar refractivity (Wildman–Crippen MR) is 71.9 cm³/mol. The van der Waals surface area contributed by atoms with E-state index >= 15 is 0 Å². The van der Waals surface area contributed by atoms with Crippen LogP contribution >= 0.6 is 0 Å². The van der Waals surface area contributed by atoms with E-state index in [1.165, 1.54) is 0 Å². The molecule has 2 unspecified atom stereocenters. The van der Waals surface area contributed by atoms with Crippen LogP contribution in [0, 0.1) is 11.8 Å². The van der Waals surface area contributed by atoms with Crippen LogP contribution in [0.5, 0.6) is 0 Å². The van der Waals surface area contributed by atoms with E-state index < -0.39 is 11.5 Å². The molecule has 19 heavy (non-hydrogen) atoms. The highest BCUT2D eigenvalue weighted by molar-refractivity contribution is 5.77. The first-order chi connectivity index (χ1) is 8.90. The summed E-state index contributed by atoms with van der Waals surface area (Å²) in [4.78, 5) is 25.1. The number of amides is 2. The molecule has 2 aliphatic rings. The minimum absolute atomic E-state index is 0.0394. The summed E-state index contributed by atoms with van der Waals surface area (Å²) in [7, 11) is 0. The van der Waals surface area contributed by atoms with Crippen LogP contribution < -0.4 is 5.32 Å². The smallest absolute Gasteiger partial charge is 0.317 e. The maximum absolute atomic E-state index is 12.3. The number of piperidine rings is 1. The standard InChI is InChI=1S/C14H24N2O3/c1-10-6-11(2)9-16(8-10)13(19)15-14(4-3-5-14)7-12(17)18/h10-11H,3-9H2,1-2H3,(H,15,19)(H,17,18). The maximum Gasteiger partial charge on any atom is 0.317 e. The molecule has 1 heterocycles. The van der Waals surface area contributed by atoms with Gasteiger partial charge in [0.1, 0.15) is 0 Å². The van der Waals surface area contributed by atoms with Gasteiger partial charge < -0.3 is 15.3 Å². The van der Waals surface area contributed by atoms with Crippen LogP contribution in [-0.4, -0.2) is 40.6 Å². The average Bonchev–Trinajstić information content (AvgIpc) is 2.23. The Morgan fingerprint density at radius 2 is 1.84 bits per heavy atom. The highest BCUT2D eigenvalue weighted by Crippen LogP contribution is 2.35. The van der Waals surface area contributed by atoms with Gasteiger partial charge in [-0.15, -0.1) is 0 Å². The zero-order valence-corrected chi connectivity index (χ0v) is 11.8. The van der Waals surface area contributed by atoms with Crippen molar-refractivity contribution in [2.45, 2.75) is 51.5 Å². The highest BCUT2D eigenvalue weighted by Gasteiger charge is 2.41. The number of urea groups is 1. The van der Waals surface area contributed by atoms with Gasteiger partial charge in [0.2, 0.25) is 0 Å². The molecule has 2 fully saturated rings. The lowest BCUT2D eigenvalue weighted by Crippen LogP contribution is -2.59. The van der Waals surface area contributed by atoms with E-state index in [0.717, 1.165) is 38.8 Å². The molecule has 108 valence electrons. The molecule has 2 rings (SSSR count). The Morgan fingerprint density at radius 1 is 1.26 bits per heavy atom. The Hall–Kier alpha value is -1.26. The van der Waals surface area contributed by atoms with Crippen LogP contribution in [0.4, 0.5) is 4.79 Å². The summed E-state index contributed by atoms with van der Waals surface area (Å²) in [6.07, 6.45) is 3.76. The number of nitrogens with one attached hydrogen (secondary N) is 1. The minimum atomic E-state index is -0.833. The number of rotatable bonds is 3. The van der Waals surface area contributed by atoms with Crippen molar-refractivity contribution in [2.75, 3.05) is 13.1 Å². The monoisotopic (exact) mass is 268 g/mol. The lowest BCUT2D eigenvalue weighted by atomic mass is 9.74. The van der Waals surface area contributed by atoms with E-state index in [9.17, 15) is 9.59 Å². The number of carboxylic acids is 1. The number of carbonyl (C=O) groups is 2. The van der Waals surface area contributed by atoms with Crippen LogP contribution in [-0.2, 0) is 4.79 Å². The van der Waals surface area contributed by atoms with Crippen LogP contribution in [0.15, 0.2) is 0 Å². The molecule has 1 aliphatic carbocycles. The van der Waals surface area contributed by atoms with E-state index in [1.807, 2.05) is 4.90 Å². The SMILES string of the molecule is CC1CC(C)CN(C(=O)NC2(CC(=O)O)CCC2)C1. The Bertz CT molecular complexity index is 356. The Kier molecular flexibility index (Phi) is 4.02. The second kappa shape index (κ2) is 5.39. The van der Waals surface area contributed by atoms with Crippen molar-refractivity contribution in [3.05, 3.63) is 0 Å². The van der Waals surface area contributed by atoms with Gasteiger partial charge in [0.25, 0.3) is 0 Å². The lowest BCUT2D eigenvalue weighted by Gasteiger charge is -2.44. The van der Waals surface area contributed by atoms with Gasteiger partial charge in [-0.1, -0.05) is 13.8 Å². The average molecular weight is 268 g/mol. The number of carboxylic acid groups (broad SMARTS) is 1. The fraction of sp³-hybridized carbons (Fsp3) is 0.857. The zero-order valence-electron chi connectivity index (χ0n) is 11.8. The van der Waals surface area contributed by atoms with E-state index in [0.29, 0.717) is 11.8 Å². The molecule has 0 radical (unpaired) electrons. The first-order valence-corrected chi connectivity index (χ1v) is 7.19. The summed E-state index contributed by atoms with van der Waals surface area (Å²) >= 11 is 0.